The number of hydrogen-bond donors (Lipinski definition) is 3. The fourth-order valence-corrected chi connectivity index (χ4v) is 5.22. The molecule has 4 fully saturated rings. The normalized spacial score (nSPS) is 32.5. The number of amides is 2. The van der Waals surface area contributed by atoms with Crippen molar-refractivity contribution in [1.82, 2.24) is 16.0 Å². The molecule has 158 valence electrons. The smallest absolute Gasteiger partial charge is 0.258 e. The van der Waals surface area contributed by atoms with Crippen LogP contribution >= 0.6 is 23.2 Å². The number of nitrogens with one attached hydrogen (secondary N) is 3. The van der Waals surface area contributed by atoms with Crippen LogP contribution in [-0.2, 0) is 9.59 Å². The lowest BCUT2D eigenvalue weighted by Crippen LogP contribution is -2.84. The van der Waals surface area contributed by atoms with Crippen molar-refractivity contribution >= 4 is 35.0 Å². The van der Waals surface area contributed by atoms with Crippen LogP contribution in [-0.4, -0.2) is 42.1 Å². The maximum Gasteiger partial charge on any atom is 0.258 e. The standard InChI is InChI=1S/C21H27Cl2N3O3/c1-2-13-3-6-17(24-8-13)19(28)26-21-10-20(11-21,12-21)25-18(27)9-29-14-4-5-15(22)16(23)7-14/h4-5,7,13,17,24H,2-3,6,8-12H2,1H3,(H,25,27)(H,26,28). The predicted octanol–water partition coefficient (Wildman–Crippen LogP) is 3.06. The molecular formula is C21H27Cl2N3O3. The number of benzene rings is 1. The molecule has 2 atom stereocenters. The predicted molar refractivity (Wildman–Crippen MR) is 112 cm³/mol. The highest BCUT2D eigenvalue weighted by atomic mass is 35.5. The third-order valence-corrected chi connectivity index (χ3v) is 7.23. The SMILES string of the molecule is CCC1CCC(C(=O)NC23CC(NC(=O)COc4ccc(Cl)c(Cl)c4)(C2)C3)NC1. The van der Waals surface area contributed by atoms with Crippen LogP contribution in [0.25, 0.3) is 0 Å². The Morgan fingerprint density at radius 2 is 1.86 bits per heavy atom. The van der Waals surface area contributed by atoms with Crippen molar-refractivity contribution in [2.24, 2.45) is 5.92 Å². The fraction of sp³-hybridized carbons (Fsp3) is 0.619. The van der Waals surface area contributed by atoms with E-state index in [1.54, 1.807) is 18.2 Å². The molecule has 2 amide bonds. The van der Waals surface area contributed by atoms with Crippen molar-refractivity contribution in [1.29, 1.82) is 0 Å². The summed E-state index contributed by atoms with van der Waals surface area (Å²) in [5.74, 6) is 1.11. The van der Waals surface area contributed by atoms with E-state index in [1.807, 2.05) is 0 Å². The van der Waals surface area contributed by atoms with E-state index in [2.05, 4.69) is 22.9 Å². The topological polar surface area (TPSA) is 79.5 Å². The van der Waals surface area contributed by atoms with E-state index in [0.717, 1.165) is 45.1 Å². The first-order valence-corrected chi connectivity index (χ1v) is 11.0. The Bertz CT molecular complexity index is 789. The zero-order chi connectivity index (χ0) is 20.6. The second-order valence-corrected chi connectivity index (χ2v) is 9.62. The maximum atomic E-state index is 12.6. The summed E-state index contributed by atoms with van der Waals surface area (Å²) in [4.78, 5) is 24.8. The van der Waals surface area contributed by atoms with Gasteiger partial charge in [-0.05, 0) is 56.7 Å². The molecule has 29 heavy (non-hydrogen) atoms. The number of hydrogen-bond acceptors (Lipinski definition) is 4. The van der Waals surface area contributed by atoms with Gasteiger partial charge in [0.1, 0.15) is 5.75 Å². The second kappa shape index (κ2) is 7.97. The summed E-state index contributed by atoms with van der Waals surface area (Å²) in [5, 5.41) is 10.5. The van der Waals surface area contributed by atoms with Gasteiger partial charge in [0.25, 0.3) is 5.91 Å². The van der Waals surface area contributed by atoms with Crippen LogP contribution in [0.5, 0.6) is 5.75 Å². The summed E-state index contributed by atoms with van der Waals surface area (Å²) in [5.41, 5.74) is -0.336. The van der Waals surface area contributed by atoms with E-state index in [4.69, 9.17) is 27.9 Å². The monoisotopic (exact) mass is 439 g/mol. The molecule has 3 N–H and O–H groups in total. The molecule has 1 aromatic rings. The molecule has 0 radical (unpaired) electrons. The van der Waals surface area contributed by atoms with Crippen LogP contribution in [0.15, 0.2) is 18.2 Å². The number of halogens is 2. The summed E-state index contributed by atoms with van der Waals surface area (Å²) in [7, 11) is 0. The van der Waals surface area contributed by atoms with Crippen LogP contribution in [0.2, 0.25) is 10.0 Å². The lowest BCUT2D eigenvalue weighted by Gasteiger charge is -2.70. The van der Waals surface area contributed by atoms with E-state index in [-0.39, 0.29) is 35.5 Å². The maximum absolute atomic E-state index is 12.6. The average Bonchev–Trinajstić information content (AvgIpc) is 2.66. The minimum absolute atomic E-state index is 0.0797. The molecule has 6 nitrogen and oxygen atoms in total. The van der Waals surface area contributed by atoms with Gasteiger partial charge in [-0.2, -0.15) is 0 Å². The van der Waals surface area contributed by atoms with Crippen molar-refractivity contribution < 1.29 is 14.3 Å². The summed E-state index contributed by atoms with van der Waals surface area (Å²) >= 11 is 11.8. The first-order valence-electron chi connectivity index (χ1n) is 10.3. The Balaban J connectivity index is 1.18. The van der Waals surface area contributed by atoms with E-state index in [1.165, 1.54) is 0 Å². The van der Waals surface area contributed by atoms with Gasteiger partial charge in [0.05, 0.1) is 16.1 Å². The number of piperidine rings is 1. The molecule has 2 bridgehead atoms. The lowest BCUT2D eigenvalue weighted by molar-refractivity contribution is -0.151. The van der Waals surface area contributed by atoms with Gasteiger partial charge < -0.3 is 20.7 Å². The number of rotatable bonds is 7. The van der Waals surface area contributed by atoms with Gasteiger partial charge in [-0.3, -0.25) is 9.59 Å². The van der Waals surface area contributed by atoms with Crippen molar-refractivity contribution in [2.75, 3.05) is 13.2 Å². The van der Waals surface area contributed by atoms with Gasteiger partial charge in [0, 0.05) is 17.1 Å². The number of ether oxygens (including phenoxy) is 1. The minimum Gasteiger partial charge on any atom is -0.484 e. The van der Waals surface area contributed by atoms with Crippen molar-refractivity contribution in [3.63, 3.8) is 0 Å². The van der Waals surface area contributed by atoms with Crippen LogP contribution in [0, 0.1) is 5.92 Å². The van der Waals surface area contributed by atoms with Crippen LogP contribution < -0.4 is 20.7 Å². The van der Waals surface area contributed by atoms with Gasteiger partial charge >= 0.3 is 0 Å². The highest BCUT2D eigenvalue weighted by molar-refractivity contribution is 6.42. The summed E-state index contributed by atoms with van der Waals surface area (Å²) in [6.07, 6.45) is 5.52. The van der Waals surface area contributed by atoms with Gasteiger partial charge in [0.2, 0.25) is 5.91 Å². The highest BCUT2D eigenvalue weighted by Crippen LogP contribution is 2.60. The third-order valence-electron chi connectivity index (χ3n) is 6.49. The van der Waals surface area contributed by atoms with Crippen molar-refractivity contribution in [3.8, 4) is 5.75 Å². The zero-order valence-electron chi connectivity index (χ0n) is 16.5. The summed E-state index contributed by atoms with van der Waals surface area (Å²) in [6.45, 7) is 3.03. The Hall–Kier alpha value is -1.50. The number of carbonyl (C=O) groups is 2. The lowest BCUT2D eigenvalue weighted by atomic mass is 9.44. The molecule has 3 saturated carbocycles. The zero-order valence-corrected chi connectivity index (χ0v) is 18.0. The van der Waals surface area contributed by atoms with Crippen LogP contribution in [0.4, 0.5) is 0 Å². The quantitative estimate of drug-likeness (QED) is 0.609. The van der Waals surface area contributed by atoms with Gasteiger partial charge in [-0.25, -0.2) is 0 Å². The Kier molecular flexibility index (Phi) is 5.70. The van der Waals surface area contributed by atoms with E-state index in [0.29, 0.717) is 21.7 Å². The third kappa shape index (κ3) is 4.35. The molecule has 0 aromatic heterocycles. The second-order valence-electron chi connectivity index (χ2n) is 8.81. The molecule has 1 aromatic carbocycles. The average molecular weight is 440 g/mol. The molecule has 3 aliphatic carbocycles. The summed E-state index contributed by atoms with van der Waals surface area (Å²) in [6, 6.07) is 4.81. The van der Waals surface area contributed by atoms with Crippen molar-refractivity contribution in [3.05, 3.63) is 28.2 Å². The molecule has 0 spiro atoms. The van der Waals surface area contributed by atoms with E-state index >= 15 is 0 Å². The molecule has 5 rings (SSSR count). The molecule has 4 aliphatic rings. The molecule has 1 aliphatic heterocycles. The van der Waals surface area contributed by atoms with Crippen LogP contribution in [0.1, 0.15) is 45.4 Å². The molecule has 1 heterocycles. The highest BCUT2D eigenvalue weighted by Gasteiger charge is 2.69. The molecular weight excluding hydrogens is 413 g/mol. The minimum atomic E-state index is -0.196. The van der Waals surface area contributed by atoms with Gasteiger partial charge in [0.15, 0.2) is 6.61 Å². The van der Waals surface area contributed by atoms with Crippen LogP contribution in [0.3, 0.4) is 0 Å². The largest absolute Gasteiger partial charge is 0.484 e. The summed E-state index contributed by atoms with van der Waals surface area (Å²) < 4.78 is 5.49. The van der Waals surface area contributed by atoms with Gasteiger partial charge in [-0.15, -0.1) is 0 Å². The van der Waals surface area contributed by atoms with Crippen molar-refractivity contribution in [2.45, 2.75) is 62.6 Å². The first kappa shape index (κ1) is 20.8. The number of carbonyl (C=O) groups excluding carboxylic acids is 2. The Morgan fingerprint density at radius 1 is 1.14 bits per heavy atom. The Morgan fingerprint density at radius 3 is 2.48 bits per heavy atom. The molecule has 8 heteroatoms. The van der Waals surface area contributed by atoms with E-state index in [9.17, 15) is 9.59 Å². The van der Waals surface area contributed by atoms with E-state index < -0.39 is 0 Å². The first-order chi connectivity index (χ1) is 13.8. The Labute approximate surface area is 181 Å². The van der Waals surface area contributed by atoms with Gasteiger partial charge in [-0.1, -0.05) is 36.5 Å². The molecule has 1 saturated heterocycles. The fourth-order valence-electron chi connectivity index (χ4n) is 4.94. The molecule has 2 unspecified atom stereocenters.